The van der Waals surface area contributed by atoms with Gasteiger partial charge in [-0.3, -0.25) is 0 Å². The summed E-state index contributed by atoms with van der Waals surface area (Å²) in [5.41, 5.74) is 1.75. The molecule has 96 valence electrons. The summed E-state index contributed by atoms with van der Waals surface area (Å²) >= 11 is 0. The second-order valence-corrected chi connectivity index (χ2v) is 5.13. The molecule has 0 spiro atoms. The van der Waals surface area contributed by atoms with E-state index in [1.807, 2.05) is 12.1 Å². The summed E-state index contributed by atoms with van der Waals surface area (Å²) in [4.78, 5) is 0. The van der Waals surface area contributed by atoms with Crippen LogP contribution in [-0.2, 0) is 6.54 Å². The number of hydrogen-bond acceptors (Lipinski definition) is 3. The van der Waals surface area contributed by atoms with E-state index in [1.165, 1.54) is 19.3 Å². The van der Waals surface area contributed by atoms with E-state index >= 15 is 0 Å². The third-order valence-corrected chi connectivity index (χ3v) is 3.69. The van der Waals surface area contributed by atoms with Gasteiger partial charge >= 0.3 is 0 Å². The van der Waals surface area contributed by atoms with Gasteiger partial charge in [0, 0.05) is 18.2 Å². The molecule has 1 aliphatic carbocycles. The van der Waals surface area contributed by atoms with Gasteiger partial charge in [0.25, 0.3) is 0 Å². The van der Waals surface area contributed by atoms with E-state index in [1.54, 1.807) is 13.2 Å². The zero-order chi connectivity index (χ0) is 13.0. The molecule has 3 nitrogen and oxygen atoms in total. The Morgan fingerprint density at radius 3 is 2.89 bits per heavy atom. The Labute approximate surface area is 109 Å². The molecule has 1 aromatic rings. The summed E-state index contributed by atoms with van der Waals surface area (Å²) in [7, 11) is 1.67. The fourth-order valence-corrected chi connectivity index (χ4v) is 2.63. The zero-order valence-corrected chi connectivity index (χ0v) is 11.1. The van der Waals surface area contributed by atoms with Gasteiger partial charge in [0.2, 0.25) is 0 Å². The van der Waals surface area contributed by atoms with Crippen molar-refractivity contribution in [2.75, 3.05) is 7.11 Å². The molecule has 0 radical (unpaired) electrons. The average molecular weight is 244 g/mol. The van der Waals surface area contributed by atoms with Crippen LogP contribution in [0, 0.1) is 17.2 Å². The lowest BCUT2D eigenvalue weighted by molar-refractivity contribution is 0.404. The number of rotatable bonds is 4. The Morgan fingerprint density at radius 2 is 2.28 bits per heavy atom. The molecule has 2 atom stereocenters. The normalized spacial score (nSPS) is 22.7. The highest BCUT2D eigenvalue weighted by Crippen LogP contribution is 2.26. The Balaban J connectivity index is 2.01. The fraction of sp³-hybridized carbons (Fsp3) is 0.533. The first-order chi connectivity index (χ1) is 8.72. The monoisotopic (exact) mass is 244 g/mol. The van der Waals surface area contributed by atoms with Crippen molar-refractivity contribution in [3.63, 3.8) is 0 Å². The van der Waals surface area contributed by atoms with Crippen LogP contribution in [0.4, 0.5) is 0 Å². The molecule has 1 N–H and O–H groups in total. The van der Waals surface area contributed by atoms with Gasteiger partial charge in [-0.15, -0.1) is 0 Å². The molecule has 0 amide bonds. The summed E-state index contributed by atoms with van der Waals surface area (Å²) in [6.45, 7) is 3.08. The maximum atomic E-state index is 8.93. The Morgan fingerprint density at radius 1 is 1.44 bits per heavy atom. The van der Waals surface area contributed by atoms with Crippen molar-refractivity contribution in [2.24, 2.45) is 5.92 Å². The van der Waals surface area contributed by atoms with E-state index in [2.05, 4.69) is 18.3 Å². The van der Waals surface area contributed by atoms with Crippen LogP contribution in [0.5, 0.6) is 5.75 Å². The molecule has 0 bridgehead atoms. The number of nitriles is 1. The quantitative estimate of drug-likeness (QED) is 0.885. The molecular weight excluding hydrogens is 224 g/mol. The largest absolute Gasteiger partial charge is 0.496 e. The van der Waals surface area contributed by atoms with Gasteiger partial charge in [-0.1, -0.05) is 6.92 Å². The number of benzene rings is 1. The van der Waals surface area contributed by atoms with Gasteiger partial charge in [-0.25, -0.2) is 0 Å². The maximum absolute atomic E-state index is 8.93. The molecule has 0 saturated heterocycles. The molecule has 2 rings (SSSR count). The Kier molecular flexibility index (Phi) is 4.22. The second kappa shape index (κ2) is 5.88. The molecule has 3 heteroatoms. The molecule has 18 heavy (non-hydrogen) atoms. The summed E-state index contributed by atoms with van der Waals surface area (Å²) in [6.07, 6.45) is 3.81. The Bertz CT molecular complexity index is 450. The second-order valence-electron chi connectivity index (χ2n) is 5.13. The van der Waals surface area contributed by atoms with E-state index in [0.717, 1.165) is 23.8 Å². The van der Waals surface area contributed by atoms with Crippen LogP contribution in [0.25, 0.3) is 0 Å². The van der Waals surface area contributed by atoms with Crippen LogP contribution in [0.2, 0.25) is 0 Å². The van der Waals surface area contributed by atoms with Gasteiger partial charge in [0.15, 0.2) is 0 Å². The van der Waals surface area contributed by atoms with Crippen molar-refractivity contribution < 1.29 is 4.74 Å². The van der Waals surface area contributed by atoms with E-state index in [-0.39, 0.29) is 0 Å². The standard InChI is InChI=1S/C15H20N2O/c1-11-3-5-14(7-11)17-10-13-8-12(9-16)4-6-15(13)18-2/h4,6,8,11,14,17H,3,5,7,10H2,1-2H3. The molecule has 2 unspecified atom stereocenters. The molecule has 1 saturated carbocycles. The predicted molar refractivity (Wildman–Crippen MR) is 71.4 cm³/mol. The lowest BCUT2D eigenvalue weighted by Crippen LogP contribution is -2.26. The van der Waals surface area contributed by atoms with Gasteiger partial charge in [-0.05, 0) is 43.4 Å². The fourth-order valence-electron chi connectivity index (χ4n) is 2.63. The SMILES string of the molecule is COc1ccc(C#N)cc1CNC1CCC(C)C1. The van der Waals surface area contributed by atoms with Gasteiger partial charge in [0.05, 0.1) is 18.7 Å². The zero-order valence-electron chi connectivity index (χ0n) is 11.1. The summed E-state index contributed by atoms with van der Waals surface area (Å²) < 4.78 is 5.33. The summed E-state index contributed by atoms with van der Waals surface area (Å²) in [5.74, 6) is 1.68. The minimum absolute atomic E-state index is 0.607. The number of nitrogens with zero attached hydrogens (tertiary/aromatic N) is 1. The third-order valence-electron chi connectivity index (χ3n) is 3.69. The highest BCUT2D eigenvalue weighted by Gasteiger charge is 2.20. The minimum Gasteiger partial charge on any atom is -0.496 e. The van der Waals surface area contributed by atoms with Crippen LogP contribution >= 0.6 is 0 Å². The average Bonchev–Trinajstić information content (AvgIpc) is 2.81. The molecule has 0 heterocycles. The van der Waals surface area contributed by atoms with Crippen LogP contribution in [0.1, 0.15) is 37.3 Å². The smallest absolute Gasteiger partial charge is 0.123 e. The third kappa shape index (κ3) is 3.02. The van der Waals surface area contributed by atoms with E-state index in [9.17, 15) is 0 Å². The Hall–Kier alpha value is -1.53. The van der Waals surface area contributed by atoms with E-state index in [0.29, 0.717) is 11.6 Å². The number of ether oxygens (including phenoxy) is 1. The maximum Gasteiger partial charge on any atom is 0.123 e. The molecule has 0 aromatic heterocycles. The molecule has 1 aromatic carbocycles. The topological polar surface area (TPSA) is 45.0 Å². The van der Waals surface area contributed by atoms with Crippen molar-refractivity contribution in [3.05, 3.63) is 29.3 Å². The van der Waals surface area contributed by atoms with Crippen molar-refractivity contribution in [1.29, 1.82) is 5.26 Å². The van der Waals surface area contributed by atoms with Gasteiger partial charge < -0.3 is 10.1 Å². The summed E-state index contributed by atoms with van der Waals surface area (Å²) in [5, 5.41) is 12.5. The number of nitrogens with one attached hydrogen (secondary N) is 1. The van der Waals surface area contributed by atoms with Crippen LogP contribution < -0.4 is 10.1 Å². The van der Waals surface area contributed by atoms with Gasteiger partial charge in [-0.2, -0.15) is 5.26 Å². The molecular formula is C15H20N2O. The highest BCUT2D eigenvalue weighted by molar-refractivity contribution is 5.42. The number of hydrogen-bond donors (Lipinski definition) is 1. The number of methoxy groups -OCH3 is 1. The first kappa shape index (κ1) is 12.9. The lowest BCUT2D eigenvalue weighted by atomic mass is 10.1. The molecule has 1 fully saturated rings. The molecule has 1 aliphatic rings. The lowest BCUT2D eigenvalue weighted by Gasteiger charge is -2.14. The first-order valence-electron chi connectivity index (χ1n) is 6.53. The van der Waals surface area contributed by atoms with E-state index in [4.69, 9.17) is 10.00 Å². The van der Waals surface area contributed by atoms with E-state index < -0.39 is 0 Å². The first-order valence-corrected chi connectivity index (χ1v) is 6.53. The molecule has 0 aliphatic heterocycles. The minimum atomic E-state index is 0.607. The van der Waals surface area contributed by atoms with Crippen LogP contribution in [0.15, 0.2) is 18.2 Å². The highest BCUT2D eigenvalue weighted by atomic mass is 16.5. The van der Waals surface area contributed by atoms with Crippen LogP contribution in [0.3, 0.4) is 0 Å². The van der Waals surface area contributed by atoms with Crippen molar-refractivity contribution >= 4 is 0 Å². The van der Waals surface area contributed by atoms with Crippen molar-refractivity contribution in [3.8, 4) is 11.8 Å². The van der Waals surface area contributed by atoms with Crippen molar-refractivity contribution in [1.82, 2.24) is 5.32 Å². The van der Waals surface area contributed by atoms with Crippen LogP contribution in [-0.4, -0.2) is 13.2 Å². The van der Waals surface area contributed by atoms with Crippen molar-refractivity contribution in [2.45, 2.75) is 38.8 Å². The van der Waals surface area contributed by atoms with Gasteiger partial charge in [0.1, 0.15) is 5.75 Å². The predicted octanol–water partition coefficient (Wildman–Crippen LogP) is 2.85. The summed E-state index contributed by atoms with van der Waals surface area (Å²) in [6, 6.07) is 8.34.